The lowest BCUT2D eigenvalue weighted by atomic mass is 10.1. The molecule has 0 fully saturated rings. The minimum absolute atomic E-state index is 0.758. The summed E-state index contributed by atoms with van der Waals surface area (Å²) in [5, 5.41) is 0. The number of aryl methyl sites for hydroxylation is 1. The second-order valence-corrected chi connectivity index (χ2v) is 4.35. The van der Waals surface area contributed by atoms with Crippen LogP contribution in [0.3, 0.4) is 0 Å². The summed E-state index contributed by atoms with van der Waals surface area (Å²) in [6, 6.07) is 6.29. The van der Waals surface area contributed by atoms with Gasteiger partial charge in [0.2, 0.25) is 0 Å². The van der Waals surface area contributed by atoms with Gasteiger partial charge in [0, 0.05) is 8.95 Å². The van der Waals surface area contributed by atoms with Crippen LogP contribution in [0.25, 0.3) is 0 Å². The van der Waals surface area contributed by atoms with Crippen molar-refractivity contribution in [3.63, 3.8) is 0 Å². The third-order valence-corrected chi connectivity index (χ3v) is 3.53. The summed E-state index contributed by atoms with van der Waals surface area (Å²) in [5.41, 5.74) is 6.75. The lowest BCUT2D eigenvalue weighted by Crippen LogP contribution is -2.00. The van der Waals surface area contributed by atoms with Crippen LogP contribution in [0.2, 0.25) is 0 Å². The Labute approximate surface area is 89.6 Å². The summed E-state index contributed by atoms with van der Waals surface area (Å²) in [4.78, 5) is 0. The topological polar surface area (TPSA) is 26.0 Å². The normalized spacial score (nSPS) is 10.2. The van der Waals surface area contributed by atoms with Crippen LogP contribution in [0.1, 0.15) is 12.0 Å². The van der Waals surface area contributed by atoms with Crippen molar-refractivity contribution in [1.82, 2.24) is 0 Å². The smallest absolute Gasteiger partial charge is 0.0320 e. The summed E-state index contributed by atoms with van der Waals surface area (Å²) >= 11 is 6.89. The second kappa shape index (κ2) is 5.00. The quantitative estimate of drug-likeness (QED) is 0.910. The molecule has 1 rings (SSSR count). The van der Waals surface area contributed by atoms with Crippen molar-refractivity contribution in [3.8, 4) is 0 Å². The Hall–Kier alpha value is 0.140. The Kier molecular flexibility index (Phi) is 4.26. The highest BCUT2D eigenvalue weighted by atomic mass is 79.9. The molecule has 66 valence electrons. The van der Waals surface area contributed by atoms with Gasteiger partial charge in [-0.1, -0.05) is 6.07 Å². The maximum Gasteiger partial charge on any atom is 0.0320 e. The monoisotopic (exact) mass is 291 g/mol. The molecule has 1 nitrogen and oxygen atoms in total. The fraction of sp³-hybridized carbons (Fsp3) is 0.333. The van der Waals surface area contributed by atoms with E-state index in [2.05, 4.69) is 50.1 Å². The van der Waals surface area contributed by atoms with E-state index in [0.29, 0.717) is 0 Å². The number of rotatable bonds is 3. The van der Waals surface area contributed by atoms with E-state index < -0.39 is 0 Å². The van der Waals surface area contributed by atoms with E-state index in [9.17, 15) is 0 Å². The number of nitrogens with two attached hydrogens (primary N) is 1. The average Bonchev–Trinajstić information content (AvgIpc) is 2.07. The molecule has 0 aliphatic rings. The van der Waals surface area contributed by atoms with E-state index in [0.717, 1.165) is 28.3 Å². The molecule has 0 saturated heterocycles. The first kappa shape index (κ1) is 10.2. The molecule has 0 aliphatic carbocycles. The molecule has 0 aromatic heterocycles. The highest BCUT2D eigenvalue weighted by Gasteiger charge is 1.97. The van der Waals surface area contributed by atoms with Gasteiger partial charge >= 0.3 is 0 Å². The molecule has 0 aliphatic heterocycles. The summed E-state index contributed by atoms with van der Waals surface area (Å²) in [5.74, 6) is 0. The second-order valence-electron chi connectivity index (χ2n) is 2.64. The Morgan fingerprint density at radius 1 is 1.17 bits per heavy atom. The molecule has 0 saturated carbocycles. The van der Waals surface area contributed by atoms with Crippen molar-refractivity contribution in [1.29, 1.82) is 0 Å². The lowest BCUT2D eigenvalue weighted by Gasteiger charge is -2.01. The van der Waals surface area contributed by atoms with E-state index in [1.165, 1.54) is 5.56 Å². The molecule has 1 aromatic rings. The zero-order chi connectivity index (χ0) is 8.97. The van der Waals surface area contributed by atoms with E-state index >= 15 is 0 Å². The minimum Gasteiger partial charge on any atom is -0.330 e. The SMILES string of the molecule is NCCCc1ccc(Br)c(Br)c1. The standard InChI is InChI=1S/C9H11Br2N/c10-8-4-3-7(2-1-5-12)6-9(8)11/h3-4,6H,1-2,5,12H2. The highest BCUT2D eigenvalue weighted by molar-refractivity contribution is 9.13. The van der Waals surface area contributed by atoms with Gasteiger partial charge in [-0.3, -0.25) is 0 Å². The first-order valence-corrected chi connectivity index (χ1v) is 5.46. The molecule has 0 heterocycles. The molecule has 0 radical (unpaired) electrons. The van der Waals surface area contributed by atoms with Crippen LogP contribution in [0.15, 0.2) is 27.1 Å². The maximum absolute atomic E-state index is 5.42. The third-order valence-electron chi connectivity index (χ3n) is 1.65. The Balaban J connectivity index is 2.69. The maximum atomic E-state index is 5.42. The molecule has 0 atom stereocenters. The van der Waals surface area contributed by atoms with Crippen molar-refractivity contribution in [2.24, 2.45) is 5.73 Å². The van der Waals surface area contributed by atoms with Gasteiger partial charge < -0.3 is 5.73 Å². The molecule has 2 N–H and O–H groups in total. The first-order valence-electron chi connectivity index (χ1n) is 3.88. The van der Waals surface area contributed by atoms with Gasteiger partial charge in [-0.25, -0.2) is 0 Å². The predicted octanol–water partition coefficient (Wildman–Crippen LogP) is 3.10. The van der Waals surface area contributed by atoms with Gasteiger partial charge in [0.25, 0.3) is 0 Å². The Morgan fingerprint density at radius 2 is 1.92 bits per heavy atom. The molecular weight excluding hydrogens is 282 g/mol. The van der Waals surface area contributed by atoms with Crippen LogP contribution >= 0.6 is 31.9 Å². The molecule has 0 unspecified atom stereocenters. The van der Waals surface area contributed by atoms with E-state index in [-0.39, 0.29) is 0 Å². The zero-order valence-corrected chi connectivity index (χ0v) is 9.86. The minimum atomic E-state index is 0.758. The van der Waals surface area contributed by atoms with Gasteiger partial charge in [0.05, 0.1) is 0 Å². The number of benzene rings is 1. The van der Waals surface area contributed by atoms with E-state index in [1.807, 2.05) is 0 Å². The lowest BCUT2D eigenvalue weighted by molar-refractivity contribution is 0.832. The van der Waals surface area contributed by atoms with Crippen LogP contribution in [-0.2, 0) is 6.42 Å². The Bertz CT molecular complexity index is 261. The van der Waals surface area contributed by atoms with Crippen LogP contribution in [-0.4, -0.2) is 6.54 Å². The van der Waals surface area contributed by atoms with Gasteiger partial charge in [-0.15, -0.1) is 0 Å². The van der Waals surface area contributed by atoms with E-state index in [1.54, 1.807) is 0 Å². The van der Waals surface area contributed by atoms with Crippen molar-refractivity contribution in [2.75, 3.05) is 6.54 Å². The molecular formula is C9H11Br2N. The molecule has 12 heavy (non-hydrogen) atoms. The van der Waals surface area contributed by atoms with Crippen molar-refractivity contribution in [3.05, 3.63) is 32.7 Å². The summed E-state index contributed by atoms with van der Waals surface area (Å²) < 4.78 is 2.20. The summed E-state index contributed by atoms with van der Waals surface area (Å²) in [6.07, 6.45) is 2.11. The fourth-order valence-corrected chi connectivity index (χ4v) is 1.67. The number of hydrogen-bond donors (Lipinski definition) is 1. The summed E-state index contributed by atoms with van der Waals surface area (Å²) in [6.45, 7) is 0.758. The Morgan fingerprint density at radius 3 is 2.50 bits per heavy atom. The molecule has 0 amide bonds. The fourth-order valence-electron chi connectivity index (χ4n) is 1.00. The number of halogens is 2. The predicted molar refractivity (Wildman–Crippen MR) is 59.2 cm³/mol. The van der Waals surface area contributed by atoms with Crippen molar-refractivity contribution in [2.45, 2.75) is 12.8 Å². The average molecular weight is 293 g/mol. The van der Waals surface area contributed by atoms with Gasteiger partial charge in [0.1, 0.15) is 0 Å². The zero-order valence-electron chi connectivity index (χ0n) is 6.69. The van der Waals surface area contributed by atoms with Crippen LogP contribution in [0.5, 0.6) is 0 Å². The summed E-state index contributed by atoms with van der Waals surface area (Å²) in [7, 11) is 0. The van der Waals surface area contributed by atoms with Crippen LogP contribution in [0, 0.1) is 0 Å². The van der Waals surface area contributed by atoms with Gasteiger partial charge in [-0.2, -0.15) is 0 Å². The molecule has 0 bridgehead atoms. The van der Waals surface area contributed by atoms with Crippen LogP contribution < -0.4 is 5.73 Å². The van der Waals surface area contributed by atoms with Gasteiger partial charge in [-0.05, 0) is 68.9 Å². The van der Waals surface area contributed by atoms with Gasteiger partial charge in [0.15, 0.2) is 0 Å². The molecule has 0 spiro atoms. The van der Waals surface area contributed by atoms with Crippen molar-refractivity contribution < 1.29 is 0 Å². The third kappa shape index (κ3) is 2.88. The van der Waals surface area contributed by atoms with Crippen LogP contribution in [0.4, 0.5) is 0 Å². The molecule has 1 aromatic carbocycles. The van der Waals surface area contributed by atoms with E-state index in [4.69, 9.17) is 5.73 Å². The highest BCUT2D eigenvalue weighted by Crippen LogP contribution is 2.24. The first-order chi connectivity index (χ1) is 5.74. The number of hydrogen-bond acceptors (Lipinski definition) is 1. The van der Waals surface area contributed by atoms with Crippen molar-refractivity contribution >= 4 is 31.9 Å². The molecule has 3 heteroatoms. The largest absolute Gasteiger partial charge is 0.330 e.